The molecule has 3 aromatic rings. The van der Waals surface area contributed by atoms with Crippen molar-refractivity contribution in [3.8, 4) is 5.69 Å². The third kappa shape index (κ3) is 3.24. The molecule has 1 amide bonds. The average molecular weight is 309 g/mol. The van der Waals surface area contributed by atoms with E-state index in [1.165, 1.54) is 11.0 Å². The fourth-order valence-corrected chi connectivity index (χ4v) is 2.17. The number of nitrogens with one attached hydrogen (secondary N) is 1. The Morgan fingerprint density at radius 3 is 2.87 bits per heavy atom. The normalized spacial score (nSPS) is 10.5. The van der Waals surface area contributed by atoms with Crippen LogP contribution in [0, 0.1) is 6.92 Å². The van der Waals surface area contributed by atoms with Gasteiger partial charge in [-0.3, -0.25) is 4.79 Å². The highest BCUT2D eigenvalue weighted by Crippen LogP contribution is 2.18. The van der Waals surface area contributed by atoms with E-state index in [0.717, 1.165) is 11.1 Å². The van der Waals surface area contributed by atoms with Gasteiger partial charge in [0.2, 0.25) is 0 Å². The first-order chi connectivity index (χ1) is 11.2. The molecule has 23 heavy (non-hydrogen) atoms. The standard InChI is InChI=1S/C16H15N5O2/c1-11-5-6-12(9-22)7-15(11)18-16(23)13-3-2-4-14(8-13)21-10-17-19-20-21/h2-8,10,22H,9H2,1H3,(H,18,23). The first kappa shape index (κ1) is 14.9. The molecule has 3 rings (SSSR count). The van der Waals surface area contributed by atoms with Gasteiger partial charge in [-0.2, -0.15) is 0 Å². The minimum Gasteiger partial charge on any atom is -0.392 e. The number of aliphatic hydroxyl groups is 1. The molecule has 0 aliphatic heterocycles. The fourth-order valence-electron chi connectivity index (χ4n) is 2.17. The summed E-state index contributed by atoms with van der Waals surface area (Å²) in [5, 5.41) is 23.0. The lowest BCUT2D eigenvalue weighted by molar-refractivity contribution is 0.102. The number of carbonyl (C=O) groups excluding carboxylic acids is 1. The van der Waals surface area contributed by atoms with Gasteiger partial charge < -0.3 is 10.4 Å². The maximum Gasteiger partial charge on any atom is 0.255 e. The predicted molar refractivity (Wildman–Crippen MR) is 84.2 cm³/mol. The van der Waals surface area contributed by atoms with E-state index in [9.17, 15) is 9.90 Å². The molecule has 0 spiro atoms. The van der Waals surface area contributed by atoms with Crippen molar-refractivity contribution < 1.29 is 9.90 Å². The van der Waals surface area contributed by atoms with E-state index < -0.39 is 0 Å². The molecule has 7 nitrogen and oxygen atoms in total. The summed E-state index contributed by atoms with van der Waals surface area (Å²) < 4.78 is 1.48. The van der Waals surface area contributed by atoms with Gasteiger partial charge in [-0.25, -0.2) is 4.68 Å². The quantitative estimate of drug-likeness (QED) is 0.765. The topological polar surface area (TPSA) is 92.9 Å². The third-order valence-corrected chi connectivity index (χ3v) is 3.45. The largest absolute Gasteiger partial charge is 0.392 e. The molecule has 0 aliphatic carbocycles. The Kier molecular flexibility index (Phi) is 4.11. The van der Waals surface area contributed by atoms with Gasteiger partial charge in [-0.05, 0) is 52.7 Å². The van der Waals surface area contributed by atoms with E-state index in [1.807, 2.05) is 25.1 Å². The highest BCUT2D eigenvalue weighted by molar-refractivity contribution is 6.05. The van der Waals surface area contributed by atoms with Crippen LogP contribution in [0.2, 0.25) is 0 Å². The molecule has 2 N–H and O–H groups in total. The lowest BCUT2D eigenvalue weighted by Crippen LogP contribution is -2.13. The number of carbonyl (C=O) groups is 1. The van der Waals surface area contributed by atoms with Gasteiger partial charge >= 0.3 is 0 Å². The van der Waals surface area contributed by atoms with E-state index in [4.69, 9.17) is 0 Å². The van der Waals surface area contributed by atoms with Crippen LogP contribution < -0.4 is 5.32 Å². The maximum absolute atomic E-state index is 12.5. The molecular formula is C16H15N5O2. The molecule has 1 aromatic heterocycles. The van der Waals surface area contributed by atoms with Crippen LogP contribution in [0.3, 0.4) is 0 Å². The fraction of sp³-hybridized carbons (Fsp3) is 0.125. The van der Waals surface area contributed by atoms with Crippen molar-refractivity contribution in [3.63, 3.8) is 0 Å². The van der Waals surface area contributed by atoms with E-state index in [0.29, 0.717) is 16.9 Å². The number of hydrogen-bond acceptors (Lipinski definition) is 5. The molecule has 0 fully saturated rings. The zero-order valence-electron chi connectivity index (χ0n) is 12.5. The van der Waals surface area contributed by atoms with Gasteiger partial charge in [0.05, 0.1) is 12.3 Å². The van der Waals surface area contributed by atoms with Crippen molar-refractivity contribution >= 4 is 11.6 Å². The third-order valence-electron chi connectivity index (χ3n) is 3.45. The second kappa shape index (κ2) is 6.37. The SMILES string of the molecule is Cc1ccc(CO)cc1NC(=O)c1cccc(-n2cnnn2)c1. The highest BCUT2D eigenvalue weighted by Gasteiger charge is 2.10. The van der Waals surface area contributed by atoms with E-state index in [2.05, 4.69) is 20.8 Å². The van der Waals surface area contributed by atoms with Gasteiger partial charge in [0, 0.05) is 11.3 Å². The second-order valence-corrected chi connectivity index (χ2v) is 5.07. The molecule has 2 aromatic carbocycles. The zero-order valence-corrected chi connectivity index (χ0v) is 12.5. The average Bonchev–Trinajstić information content (AvgIpc) is 3.11. The predicted octanol–water partition coefficient (Wildman–Crippen LogP) is 1.72. The highest BCUT2D eigenvalue weighted by atomic mass is 16.3. The first-order valence-corrected chi connectivity index (χ1v) is 7.02. The van der Waals surface area contributed by atoms with Gasteiger partial charge in [-0.15, -0.1) is 5.10 Å². The number of aromatic nitrogens is 4. The molecule has 0 radical (unpaired) electrons. The second-order valence-electron chi connectivity index (χ2n) is 5.07. The Morgan fingerprint density at radius 1 is 1.26 bits per heavy atom. The van der Waals surface area contributed by atoms with Crippen LogP contribution >= 0.6 is 0 Å². The van der Waals surface area contributed by atoms with Crippen molar-refractivity contribution in [1.82, 2.24) is 20.2 Å². The summed E-state index contributed by atoms with van der Waals surface area (Å²) in [5.41, 5.74) is 3.53. The number of aryl methyl sites for hydroxylation is 1. The molecule has 1 heterocycles. The van der Waals surface area contributed by atoms with Gasteiger partial charge in [-0.1, -0.05) is 18.2 Å². The van der Waals surface area contributed by atoms with E-state index >= 15 is 0 Å². The number of nitrogens with zero attached hydrogens (tertiary/aromatic N) is 4. The minimum absolute atomic E-state index is 0.0715. The van der Waals surface area contributed by atoms with Crippen LogP contribution in [-0.2, 0) is 6.61 Å². The van der Waals surface area contributed by atoms with Gasteiger partial charge in [0.15, 0.2) is 0 Å². The summed E-state index contributed by atoms with van der Waals surface area (Å²) >= 11 is 0. The molecule has 116 valence electrons. The molecule has 0 bridgehead atoms. The van der Waals surface area contributed by atoms with Crippen LogP contribution in [0.1, 0.15) is 21.5 Å². The molecule has 0 saturated heterocycles. The van der Waals surface area contributed by atoms with Crippen LogP contribution in [0.5, 0.6) is 0 Å². The number of anilines is 1. The van der Waals surface area contributed by atoms with Crippen molar-refractivity contribution in [2.24, 2.45) is 0 Å². The molecule has 7 heteroatoms. The summed E-state index contributed by atoms with van der Waals surface area (Å²) in [6.07, 6.45) is 1.46. The minimum atomic E-state index is -0.238. The Hall–Kier alpha value is -3.06. The van der Waals surface area contributed by atoms with Gasteiger partial charge in [0.25, 0.3) is 5.91 Å². The van der Waals surface area contributed by atoms with Crippen LogP contribution in [0.4, 0.5) is 5.69 Å². The first-order valence-electron chi connectivity index (χ1n) is 7.02. The Balaban J connectivity index is 1.85. The summed E-state index contributed by atoms with van der Waals surface area (Å²) in [7, 11) is 0. The number of aliphatic hydroxyl groups excluding tert-OH is 1. The number of hydrogen-bond donors (Lipinski definition) is 2. The van der Waals surface area contributed by atoms with Crippen LogP contribution in [-0.4, -0.2) is 31.2 Å². The smallest absolute Gasteiger partial charge is 0.255 e. The summed E-state index contributed by atoms with van der Waals surface area (Å²) in [5.74, 6) is -0.238. The van der Waals surface area contributed by atoms with Gasteiger partial charge in [0.1, 0.15) is 6.33 Å². The van der Waals surface area contributed by atoms with Crippen molar-refractivity contribution in [2.45, 2.75) is 13.5 Å². The number of rotatable bonds is 4. The Bertz CT molecular complexity index is 830. The lowest BCUT2D eigenvalue weighted by atomic mass is 10.1. The molecule has 0 atom stereocenters. The lowest BCUT2D eigenvalue weighted by Gasteiger charge is -2.10. The summed E-state index contributed by atoms with van der Waals surface area (Å²) in [6, 6.07) is 12.4. The molecular weight excluding hydrogens is 294 g/mol. The van der Waals surface area contributed by atoms with Crippen molar-refractivity contribution in [2.75, 3.05) is 5.32 Å². The number of benzene rings is 2. The molecule has 0 saturated carbocycles. The van der Waals surface area contributed by atoms with E-state index in [-0.39, 0.29) is 12.5 Å². The summed E-state index contributed by atoms with van der Waals surface area (Å²) in [4.78, 5) is 12.5. The molecule has 0 unspecified atom stereocenters. The maximum atomic E-state index is 12.5. The Morgan fingerprint density at radius 2 is 2.13 bits per heavy atom. The number of amides is 1. The van der Waals surface area contributed by atoms with E-state index in [1.54, 1.807) is 24.3 Å². The zero-order chi connectivity index (χ0) is 16.2. The Labute approximate surface area is 132 Å². The molecule has 0 aliphatic rings. The van der Waals surface area contributed by atoms with Crippen LogP contribution in [0.15, 0.2) is 48.8 Å². The van der Waals surface area contributed by atoms with Crippen LogP contribution in [0.25, 0.3) is 5.69 Å². The van der Waals surface area contributed by atoms with Crippen molar-refractivity contribution in [1.29, 1.82) is 0 Å². The number of tetrazole rings is 1. The van der Waals surface area contributed by atoms with Crippen molar-refractivity contribution in [3.05, 3.63) is 65.5 Å². The monoisotopic (exact) mass is 309 g/mol. The summed E-state index contributed by atoms with van der Waals surface area (Å²) in [6.45, 7) is 1.83.